The summed E-state index contributed by atoms with van der Waals surface area (Å²) in [5.41, 5.74) is 1.25. The second-order valence-electron chi connectivity index (χ2n) is 11.7. The van der Waals surface area contributed by atoms with Gasteiger partial charge in [-0.2, -0.15) is 4.31 Å². The summed E-state index contributed by atoms with van der Waals surface area (Å²) >= 11 is 1.16. The average Bonchev–Trinajstić information content (AvgIpc) is 3.59. The van der Waals surface area contributed by atoms with Crippen LogP contribution in [0.5, 0.6) is 5.75 Å². The highest BCUT2D eigenvalue weighted by molar-refractivity contribution is 7.91. The van der Waals surface area contributed by atoms with Crippen molar-refractivity contribution >= 4 is 44.7 Å². The number of ether oxygens (including phenoxy) is 2. The Morgan fingerprint density at radius 2 is 1.83 bits per heavy atom. The average molecular weight is 673 g/mol. The van der Waals surface area contributed by atoms with Crippen LogP contribution in [0.1, 0.15) is 50.4 Å². The predicted molar refractivity (Wildman–Crippen MR) is 180 cm³/mol. The highest BCUT2D eigenvalue weighted by Gasteiger charge is 2.32. The Morgan fingerprint density at radius 1 is 1.09 bits per heavy atom. The molecule has 0 saturated carbocycles. The van der Waals surface area contributed by atoms with E-state index in [0.717, 1.165) is 24.2 Å². The molecule has 4 rings (SSSR count). The van der Waals surface area contributed by atoms with Crippen LogP contribution in [-0.2, 0) is 14.8 Å². The highest BCUT2D eigenvalue weighted by atomic mass is 32.2. The van der Waals surface area contributed by atoms with Crippen molar-refractivity contribution in [3.63, 3.8) is 0 Å². The van der Waals surface area contributed by atoms with Gasteiger partial charge >= 0.3 is 6.03 Å². The lowest BCUT2D eigenvalue weighted by atomic mass is 10.0. The minimum Gasteiger partial charge on any atom is -0.490 e. The van der Waals surface area contributed by atoms with Crippen molar-refractivity contribution in [2.45, 2.75) is 62.5 Å². The number of hydrogen-bond acceptors (Lipinski definition) is 8. The molecule has 0 bridgehead atoms. The number of thiophene rings is 1. The third-order valence-electron chi connectivity index (χ3n) is 7.94. The molecule has 3 aromatic rings. The van der Waals surface area contributed by atoms with Crippen LogP contribution in [0.25, 0.3) is 0 Å². The van der Waals surface area contributed by atoms with Gasteiger partial charge in [-0.1, -0.05) is 31.2 Å². The molecule has 0 radical (unpaired) electrons. The molecule has 0 spiro atoms. The molecular formula is C33H44N4O7S2. The summed E-state index contributed by atoms with van der Waals surface area (Å²) in [6.45, 7) is 6.00. The molecule has 13 heteroatoms. The van der Waals surface area contributed by atoms with Crippen molar-refractivity contribution < 1.29 is 32.6 Å². The third-order valence-corrected chi connectivity index (χ3v) is 11.1. The van der Waals surface area contributed by atoms with Crippen LogP contribution in [0.2, 0.25) is 0 Å². The number of nitrogens with one attached hydrogen (secondary N) is 2. The number of carbonyl (C=O) groups is 2. The van der Waals surface area contributed by atoms with Crippen LogP contribution in [0.3, 0.4) is 0 Å². The van der Waals surface area contributed by atoms with Crippen molar-refractivity contribution in [1.82, 2.24) is 9.21 Å². The van der Waals surface area contributed by atoms with Gasteiger partial charge in [-0.15, -0.1) is 11.3 Å². The van der Waals surface area contributed by atoms with E-state index in [9.17, 15) is 23.1 Å². The first-order valence-electron chi connectivity index (χ1n) is 15.5. The molecule has 0 aliphatic carbocycles. The number of aliphatic hydroxyl groups excluding tert-OH is 1. The fraction of sp³-hybridized carbons (Fsp3) is 0.455. The van der Waals surface area contributed by atoms with Gasteiger partial charge in [0, 0.05) is 44.0 Å². The Morgan fingerprint density at radius 3 is 2.52 bits per heavy atom. The lowest BCUT2D eigenvalue weighted by molar-refractivity contribution is -0.00832. The molecule has 0 fully saturated rings. The number of rotatable bonds is 8. The predicted octanol–water partition coefficient (Wildman–Crippen LogP) is 5.51. The minimum absolute atomic E-state index is 0.0949. The fourth-order valence-corrected chi connectivity index (χ4v) is 7.58. The Bertz CT molecular complexity index is 1540. The maximum atomic E-state index is 14.3. The van der Waals surface area contributed by atoms with Gasteiger partial charge in [0.05, 0.1) is 30.4 Å². The van der Waals surface area contributed by atoms with E-state index >= 15 is 0 Å². The molecule has 0 unspecified atom stereocenters. The normalized spacial score (nSPS) is 20.7. The maximum absolute atomic E-state index is 14.3. The van der Waals surface area contributed by atoms with E-state index in [1.807, 2.05) is 32.0 Å². The number of likely N-dealkylation sites (N-methyl/N-ethyl adjacent to an activating group) is 1. The number of fused-ring (bicyclic) bond motifs is 1. The van der Waals surface area contributed by atoms with Gasteiger partial charge in [0.25, 0.3) is 15.9 Å². The molecule has 11 nitrogen and oxygen atoms in total. The molecule has 3 amide bonds. The Kier molecular flexibility index (Phi) is 12.6. The monoisotopic (exact) mass is 672 g/mol. The summed E-state index contributed by atoms with van der Waals surface area (Å²) in [5.74, 6) is -0.317. The van der Waals surface area contributed by atoms with Gasteiger partial charge in [0.1, 0.15) is 9.96 Å². The molecule has 2 heterocycles. The molecule has 1 aliphatic heterocycles. The number of benzene rings is 2. The summed E-state index contributed by atoms with van der Waals surface area (Å²) < 4.78 is 40.5. The zero-order valence-electron chi connectivity index (χ0n) is 26.7. The zero-order valence-corrected chi connectivity index (χ0v) is 28.4. The molecule has 0 saturated heterocycles. The maximum Gasteiger partial charge on any atom is 0.323 e. The quantitative estimate of drug-likeness (QED) is 0.287. The van der Waals surface area contributed by atoms with Crippen molar-refractivity contribution in [1.29, 1.82) is 0 Å². The van der Waals surface area contributed by atoms with Gasteiger partial charge < -0.3 is 30.1 Å². The van der Waals surface area contributed by atoms with Gasteiger partial charge in [-0.05, 0) is 74.9 Å². The minimum atomic E-state index is -3.71. The smallest absolute Gasteiger partial charge is 0.323 e. The van der Waals surface area contributed by atoms with E-state index in [4.69, 9.17) is 9.47 Å². The summed E-state index contributed by atoms with van der Waals surface area (Å²) in [6, 6.07) is 16.2. The van der Waals surface area contributed by atoms with E-state index in [1.165, 1.54) is 11.4 Å². The molecule has 3 N–H and O–H groups in total. The zero-order chi connectivity index (χ0) is 33.3. The van der Waals surface area contributed by atoms with Crippen LogP contribution >= 0.6 is 11.3 Å². The van der Waals surface area contributed by atoms with E-state index in [1.54, 1.807) is 59.7 Å². The van der Waals surface area contributed by atoms with E-state index in [0.29, 0.717) is 30.2 Å². The largest absolute Gasteiger partial charge is 0.490 e. The Balaban J connectivity index is 1.62. The molecule has 250 valence electrons. The number of hydrogen-bond donors (Lipinski definition) is 3. The van der Waals surface area contributed by atoms with Gasteiger partial charge in [0.15, 0.2) is 0 Å². The second-order valence-corrected chi connectivity index (χ2v) is 14.9. The van der Waals surface area contributed by atoms with E-state index in [-0.39, 0.29) is 41.5 Å². The van der Waals surface area contributed by atoms with Crippen LogP contribution in [-0.4, -0.2) is 86.3 Å². The number of sulfonamides is 1. The number of aliphatic hydroxyl groups is 1. The Labute approximate surface area is 275 Å². The van der Waals surface area contributed by atoms with Crippen molar-refractivity contribution in [2.24, 2.45) is 5.92 Å². The number of urea groups is 1. The van der Waals surface area contributed by atoms with E-state index in [2.05, 4.69) is 10.6 Å². The molecule has 2 aromatic carbocycles. The SMILES string of the molecule is C[C@@H]1CCCCO[C@@H](CN(C)S(=O)(=O)c2cccs2)[C@H](C)CN([C@H](C)CO)C(=O)c2cc(NC(=O)Nc3ccccc3)ccc2O1. The lowest BCUT2D eigenvalue weighted by Crippen LogP contribution is -2.48. The number of amides is 3. The van der Waals surface area contributed by atoms with Crippen molar-refractivity contribution in [3.8, 4) is 5.75 Å². The van der Waals surface area contributed by atoms with Gasteiger partial charge in [-0.25, -0.2) is 13.2 Å². The van der Waals surface area contributed by atoms with Gasteiger partial charge in [0.2, 0.25) is 0 Å². The molecule has 1 aliphatic rings. The van der Waals surface area contributed by atoms with Crippen LogP contribution in [0, 0.1) is 5.92 Å². The Hall–Kier alpha value is -3.49. The van der Waals surface area contributed by atoms with Gasteiger partial charge in [-0.3, -0.25) is 4.79 Å². The summed E-state index contributed by atoms with van der Waals surface area (Å²) in [7, 11) is -2.18. The highest BCUT2D eigenvalue weighted by Crippen LogP contribution is 2.29. The standard InChI is InChI=1S/C33H44N4O7S2/c1-23-20-37(24(2)22-38)32(39)28-19-27(35-33(40)34-26-12-6-5-7-13-26)15-16-29(28)44-25(3)11-8-9-17-43-30(23)21-36(4)46(41,42)31-14-10-18-45-31/h5-7,10,12-16,18-19,23-25,30,38H,8-9,11,17,20-22H2,1-4H3,(H2,34,35,40)/t23-,24-,25-,30+/m1/s1. The fourth-order valence-electron chi connectivity index (χ4n) is 5.19. The third kappa shape index (κ3) is 9.29. The summed E-state index contributed by atoms with van der Waals surface area (Å²) in [5, 5.41) is 17.5. The first kappa shape index (κ1) is 35.4. The van der Waals surface area contributed by atoms with Crippen LogP contribution < -0.4 is 15.4 Å². The lowest BCUT2D eigenvalue weighted by Gasteiger charge is -2.35. The number of anilines is 2. The summed E-state index contributed by atoms with van der Waals surface area (Å²) in [4.78, 5) is 28.6. The molecular weight excluding hydrogens is 629 g/mol. The summed E-state index contributed by atoms with van der Waals surface area (Å²) in [6.07, 6.45) is 1.53. The molecule has 1 aromatic heterocycles. The topological polar surface area (TPSA) is 138 Å². The number of para-hydroxylation sites is 1. The van der Waals surface area contributed by atoms with Crippen molar-refractivity contribution in [3.05, 3.63) is 71.6 Å². The first-order valence-corrected chi connectivity index (χ1v) is 17.8. The second kappa shape index (κ2) is 16.4. The number of carbonyl (C=O) groups excluding carboxylic acids is 2. The number of nitrogens with zero attached hydrogens (tertiary/aromatic N) is 2. The molecule has 4 atom stereocenters. The van der Waals surface area contributed by atoms with Crippen LogP contribution in [0.15, 0.2) is 70.3 Å². The van der Waals surface area contributed by atoms with Crippen molar-refractivity contribution in [2.75, 3.05) is 44.0 Å². The van der Waals surface area contributed by atoms with E-state index < -0.39 is 34.1 Å². The molecule has 46 heavy (non-hydrogen) atoms. The van der Waals surface area contributed by atoms with Crippen LogP contribution in [0.4, 0.5) is 16.2 Å². The first-order chi connectivity index (χ1) is 22.0.